The fraction of sp³-hybridized carbons (Fsp3) is 0.375. The number of hydrogen-bond donors (Lipinski definition) is 2. The van der Waals surface area contributed by atoms with Gasteiger partial charge in [0.25, 0.3) is 5.91 Å². The molecule has 2 aromatic rings. The van der Waals surface area contributed by atoms with Crippen LogP contribution in [0.5, 0.6) is 0 Å². The lowest BCUT2D eigenvalue weighted by atomic mass is 10.1. The van der Waals surface area contributed by atoms with Crippen LogP contribution in [-0.2, 0) is 0 Å². The average Bonchev–Trinajstić information content (AvgIpc) is 3.31. The summed E-state index contributed by atoms with van der Waals surface area (Å²) in [6.45, 7) is 1.15. The van der Waals surface area contributed by atoms with Gasteiger partial charge in [0, 0.05) is 28.6 Å². The molecular weight excluding hydrogens is 357 g/mol. The van der Waals surface area contributed by atoms with Crippen LogP contribution in [0.1, 0.15) is 41.2 Å². The molecule has 0 spiro atoms. The van der Waals surface area contributed by atoms with Crippen molar-refractivity contribution in [2.24, 2.45) is 5.73 Å². The fourth-order valence-electron chi connectivity index (χ4n) is 2.39. The van der Waals surface area contributed by atoms with Crippen LogP contribution in [0.25, 0.3) is 10.9 Å². The molecule has 0 unspecified atom stereocenters. The predicted molar refractivity (Wildman–Crippen MR) is 99.2 cm³/mol. The first-order valence-electron chi connectivity index (χ1n) is 7.27. The highest BCUT2D eigenvalue weighted by Gasteiger charge is 2.26. The quantitative estimate of drug-likeness (QED) is 0.782. The molecule has 0 saturated heterocycles. The van der Waals surface area contributed by atoms with E-state index in [1.54, 1.807) is 6.07 Å². The topological polar surface area (TPSA) is 68.0 Å². The zero-order valence-corrected chi connectivity index (χ0v) is 14.9. The number of carbonyl (C=O) groups excluding carboxylic acids is 1. The third-order valence-corrected chi connectivity index (χ3v) is 3.93. The highest BCUT2D eigenvalue weighted by molar-refractivity contribution is 6.31. The van der Waals surface area contributed by atoms with Gasteiger partial charge in [-0.25, -0.2) is 0 Å². The Hall–Kier alpha value is -1.07. The van der Waals surface area contributed by atoms with Crippen LogP contribution in [0, 0.1) is 0 Å². The van der Waals surface area contributed by atoms with Gasteiger partial charge in [-0.2, -0.15) is 0 Å². The van der Waals surface area contributed by atoms with E-state index in [9.17, 15) is 4.79 Å². The molecule has 0 atom stereocenters. The van der Waals surface area contributed by atoms with E-state index in [1.165, 1.54) is 0 Å². The minimum Gasteiger partial charge on any atom is -0.352 e. The summed E-state index contributed by atoms with van der Waals surface area (Å²) >= 11 is 6.06. The second-order valence-electron chi connectivity index (χ2n) is 5.43. The molecular formula is C16H20Cl3N3O. The SMILES string of the molecule is Cl.Cl.NCCCNC(=O)c1cc(C2CC2)nc2ccc(Cl)cc12. The van der Waals surface area contributed by atoms with Gasteiger partial charge in [-0.1, -0.05) is 11.6 Å². The van der Waals surface area contributed by atoms with Gasteiger partial charge < -0.3 is 11.1 Å². The number of nitrogens with zero attached hydrogens (tertiary/aromatic N) is 1. The molecule has 1 aromatic carbocycles. The van der Waals surface area contributed by atoms with E-state index < -0.39 is 0 Å². The predicted octanol–water partition coefficient (Wildman–Crippen LogP) is 3.69. The summed E-state index contributed by atoms with van der Waals surface area (Å²) < 4.78 is 0. The molecule has 0 radical (unpaired) electrons. The number of fused-ring (bicyclic) bond motifs is 1. The molecule has 3 rings (SSSR count). The van der Waals surface area contributed by atoms with Gasteiger partial charge in [-0.3, -0.25) is 9.78 Å². The van der Waals surface area contributed by atoms with E-state index in [-0.39, 0.29) is 30.7 Å². The van der Waals surface area contributed by atoms with Crippen LogP contribution in [0.2, 0.25) is 5.02 Å². The third kappa shape index (κ3) is 4.70. The number of rotatable bonds is 5. The average molecular weight is 377 g/mol. The maximum atomic E-state index is 12.4. The molecule has 23 heavy (non-hydrogen) atoms. The van der Waals surface area contributed by atoms with Gasteiger partial charge in [-0.15, -0.1) is 24.8 Å². The Morgan fingerprint density at radius 1 is 1.30 bits per heavy atom. The van der Waals surface area contributed by atoms with Gasteiger partial charge >= 0.3 is 0 Å². The number of nitrogens with two attached hydrogens (primary N) is 1. The van der Waals surface area contributed by atoms with Gasteiger partial charge in [0.05, 0.1) is 11.1 Å². The van der Waals surface area contributed by atoms with Crippen LogP contribution in [0.4, 0.5) is 0 Å². The number of aromatic nitrogens is 1. The van der Waals surface area contributed by atoms with E-state index in [0.29, 0.717) is 29.6 Å². The summed E-state index contributed by atoms with van der Waals surface area (Å²) in [5.74, 6) is 0.417. The molecule has 0 aliphatic heterocycles. The Kier molecular flexibility index (Phi) is 7.55. The summed E-state index contributed by atoms with van der Waals surface area (Å²) in [5, 5.41) is 4.32. The maximum absolute atomic E-state index is 12.4. The summed E-state index contributed by atoms with van der Waals surface area (Å²) in [4.78, 5) is 17.1. The first-order chi connectivity index (χ1) is 10.2. The second kappa shape index (κ2) is 8.69. The van der Waals surface area contributed by atoms with Crippen molar-refractivity contribution in [1.29, 1.82) is 0 Å². The van der Waals surface area contributed by atoms with E-state index in [4.69, 9.17) is 17.3 Å². The van der Waals surface area contributed by atoms with E-state index in [1.807, 2.05) is 18.2 Å². The lowest BCUT2D eigenvalue weighted by molar-refractivity contribution is 0.0955. The van der Waals surface area contributed by atoms with E-state index in [2.05, 4.69) is 10.3 Å². The van der Waals surface area contributed by atoms with E-state index >= 15 is 0 Å². The number of halogens is 3. The van der Waals surface area contributed by atoms with Crippen LogP contribution >= 0.6 is 36.4 Å². The standard InChI is InChI=1S/C16H18ClN3O.2ClH/c17-11-4-5-14-12(8-11)13(16(21)19-7-1-6-18)9-15(20-14)10-2-3-10;;/h4-5,8-10H,1-3,6-7,18H2,(H,19,21);2*1H. The zero-order chi connectivity index (χ0) is 14.8. The third-order valence-electron chi connectivity index (χ3n) is 3.70. The number of amides is 1. The van der Waals surface area contributed by atoms with Gasteiger partial charge in [0.2, 0.25) is 0 Å². The highest BCUT2D eigenvalue weighted by Crippen LogP contribution is 2.40. The Morgan fingerprint density at radius 3 is 2.70 bits per heavy atom. The molecule has 1 aliphatic carbocycles. The lowest BCUT2D eigenvalue weighted by Gasteiger charge is -2.10. The van der Waals surface area contributed by atoms with Crippen LogP contribution in [0.15, 0.2) is 24.3 Å². The van der Waals surface area contributed by atoms with Gasteiger partial charge in [0.15, 0.2) is 0 Å². The van der Waals surface area contributed by atoms with Crippen molar-refractivity contribution in [3.8, 4) is 0 Å². The molecule has 126 valence electrons. The Morgan fingerprint density at radius 2 is 2.04 bits per heavy atom. The number of benzene rings is 1. The number of carbonyl (C=O) groups is 1. The van der Waals surface area contributed by atoms with Crippen molar-refractivity contribution in [2.45, 2.75) is 25.2 Å². The molecule has 3 N–H and O–H groups in total. The molecule has 1 aromatic heterocycles. The molecule has 0 bridgehead atoms. The van der Waals surface area contributed by atoms with Crippen molar-refractivity contribution in [3.05, 3.63) is 40.5 Å². The van der Waals surface area contributed by atoms with Crippen LogP contribution in [-0.4, -0.2) is 24.0 Å². The molecule has 1 saturated carbocycles. The first kappa shape index (κ1) is 20.0. The van der Waals surface area contributed by atoms with Crippen molar-refractivity contribution < 1.29 is 4.79 Å². The zero-order valence-electron chi connectivity index (χ0n) is 12.5. The summed E-state index contributed by atoms with van der Waals surface area (Å²) in [6, 6.07) is 7.40. The van der Waals surface area contributed by atoms with Crippen LogP contribution in [0.3, 0.4) is 0 Å². The summed E-state index contributed by atoms with van der Waals surface area (Å²) in [6.07, 6.45) is 3.08. The Labute approximate surface area is 153 Å². The Balaban J connectivity index is 0.00000132. The molecule has 1 amide bonds. The summed E-state index contributed by atoms with van der Waals surface area (Å²) in [5.41, 5.74) is 7.95. The molecule has 1 heterocycles. The number of nitrogens with one attached hydrogen (secondary N) is 1. The Bertz CT molecular complexity index is 690. The highest BCUT2D eigenvalue weighted by atomic mass is 35.5. The normalized spacial score (nSPS) is 13.1. The molecule has 7 heteroatoms. The largest absolute Gasteiger partial charge is 0.352 e. The fourth-order valence-corrected chi connectivity index (χ4v) is 2.57. The van der Waals surface area contributed by atoms with Crippen molar-refractivity contribution >= 4 is 53.2 Å². The smallest absolute Gasteiger partial charge is 0.252 e. The van der Waals surface area contributed by atoms with Crippen molar-refractivity contribution in [2.75, 3.05) is 13.1 Å². The van der Waals surface area contributed by atoms with Crippen LogP contribution < -0.4 is 11.1 Å². The number of pyridine rings is 1. The van der Waals surface area contributed by atoms with Gasteiger partial charge in [0.1, 0.15) is 0 Å². The minimum atomic E-state index is -0.0833. The first-order valence-corrected chi connectivity index (χ1v) is 7.65. The monoisotopic (exact) mass is 375 g/mol. The molecule has 1 aliphatic rings. The van der Waals surface area contributed by atoms with Gasteiger partial charge in [-0.05, 0) is 50.1 Å². The van der Waals surface area contributed by atoms with Crippen molar-refractivity contribution in [1.82, 2.24) is 10.3 Å². The molecule has 1 fully saturated rings. The summed E-state index contributed by atoms with van der Waals surface area (Å²) in [7, 11) is 0. The maximum Gasteiger partial charge on any atom is 0.252 e. The number of hydrogen-bond acceptors (Lipinski definition) is 3. The van der Waals surface area contributed by atoms with E-state index in [0.717, 1.165) is 35.9 Å². The lowest BCUT2D eigenvalue weighted by Crippen LogP contribution is -2.26. The minimum absolute atomic E-state index is 0. The second-order valence-corrected chi connectivity index (χ2v) is 5.86. The van der Waals surface area contributed by atoms with Crippen molar-refractivity contribution in [3.63, 3.8) is 0 Å². The molecule has 4 nitrogen and oxygen atoms in total.